The topological polar surface area (TPSA) is 146 Å². The van der Waals surface area contributed by atoms with Crippen molar-refractivity contribution in [1.82, 2.24) is 19.9 Å². The van der Waals surface area contributed by atoms with E-state index in [1.807, 2.05) is 6.07 Å². The minimum atomic E-state index is -0.993. The smallest absolute Gasteiger partial charge is 0.412 e. The van der Waals surface area contributed by atoms with Crippen LogP contribution in [0.1, 0.15) is 58.4 Å². The van der Waals surface area contributed by atoms with Crippen LogP contribution in [0.15, 0.2) is 42.6 Å². The summed E-state index contributed by atoms with van der Waals surface area (Å²) in [5, 5.41) is 15.8. The Balaban J connectivity index is 1.28. The second kappa shape index (κ2) is 16.0. The minimum absolute atomic E-state index is 0.00649. The molecule has 5 heterocycles. The number of carbonyl (C=O) groups excluding carboxylic acids is 2. The van der Waals surface area contributed by atoms with Gasteiger partial charge in [0.05, 0.1) is 20.8 Å². The molecule has 0 unspecified atom stereocenters. The lowest BCUT2D eigenvalue weighted by Crippen LogP contribution is -2.43. The van der Waals surface area contributed by atoms with Crippen LogP contribution in [0.25, 0.3) is 32.1 Å². The van der Waals surface area contributed by atoms with Crippen molar-refractivity contribution in [3.8, 4) is 23.2 Å². The van der Waals surface area contributed by atoms with Crippen LogP contribution in [0.5, 0.6) is 6.01 Å². The van der Waals surface area contributed by atoms with E-state index in [4.69, 9.17) is 21.1 Å². The van der Waals surface area contributed by atoms with E-state index in [-0.39, 0.29) is 78.5 Å². The van der Waals surface area contributed by atoms with Crippen LogP contribution in [0, 0.1) is 23.0 Å². The summed E-state index contributed by atoms with van der Waals surface area (Å²) in [6.07, 6.45) is 2.21. The Kier molecular flexibility index (Phi) is 11.2. The van der Waals surface area contributed by atoms with Gasteiger partial charge in [-0.1, -0.05) is 23.7 Å². The maximum Gasteiger partial charge on any atom is 0.412 e. The quantitative estimate of drug-likeness (QED) is 0.133. The van der Waals surface area contributed by atoms with Gasteiger partial charge in [0.2, 0.25) is 5.91 Å². The molecule has 7 rings (SSSR count). The summed E-state index contributed by atoms with van der Waals surface area (Å²) in [4.78, 5) is 42.5. The lowest BCUT2D eigenvalue weighted by molar-refractivity contribution is -0.116. The van der Waals surface area contributed by atoms with E-state index in [9.17, 15) is 19.2 Å². The molecule has 0 saturated carbocycles. The molecule has 0 spiro atoms. The van der Waals surface area contributed by atoms with Crippen molar-refractivity contribution in [3.05, 3.63) is 64.8 Å². The molecule has 0 aliphatic carbocycles. The van der Waals surface area contributed by atoms with Gasteiger partial charge in [0, 0.05) is 55.5 Å². The average molecular weight is 821 g/mol. The molecule has 2 fully saturated rings. The second-order valence-electron chi connectivity index (χ2n) is 15.3. The number of amides is 2. The fourth-order valence-electron chi connectivity index (χ4n) is 7.61. The second-order valence-corrected chi connectivity index (χ2v) is 16.7. The van der Waals surface area contributed by atoms with E-state index in [0.29, 0.717) is 31.7 Å². The lowest BCUT2D eigenvalue weighted by atomic mass is 9.95. The largest absolute Gasteiger partial charge is 0.461 e. The summed E-state index contributed by atoms with van der Waals surface area (Å²) >= 11 is 7.70. The molecule has 298 valence electrons. The normalized spacial score (nSPS) is 18.1. The number of hydrogen-bond donors (Lipinski definition) is 2. The Labute approximate surface area is 335 Å². The van der Waals surface area contributed by atoms with Crippen molar-refractivity contribution < 1.29 is 32.2 Å². The van der Waals surface area contributed by atoms with E-state index in [1.165, 1.54) is 12.1 Å². The zero-order valence-corrected chi connectivity index (χ0v) is 33.3. The molecule has 2 amide bonds. The van der Waals surface area contributed by atoms with Crippen LogP contribution >= 0.6 is 22.9 Å². The van der Waals surface area contributed by atoms with E-state index in [2.05, 4.69) is 30.5 Å². The molecule has 5 aromatic rings. The highest BCUT2D eigenvalue weighted by molar-refractivity contribution is 7.23. The number of halogens is 4. The van der Waals surface area contributed by atoms with Crippen LogP contribution in [0.2, 0.25) is 5.02 Å². The zero-order valence-electron chi connectivity index (χ0n) is 31.7. The number of anilines is 3. The summed E-state index contributed by atoms with van der Waals surface area (Å²) in [6.45, 7) is 6.49. The van der Waals surface area contributed by atoms with Gasteiger partial charge in [0.1, 0.15) is 52.4 Å². The van der Waals surface area contributed by atoms with Gasteiger partial charge in [-0.05, 0) is 76.4 Å². The maximum absolute atomic E-state index is 17.2. The molecule has 2 N–H and O–H groups in total. The summed E-state index contributed by atoms with van der Waals surface area (Å²) < 4.78 is 58.8. The van der Waals surface area contributed by atoms with Gasteiger partial charge in [-0.25, -0.2) is 22.9 Å². The van der Waals surface area contributed by atoms with Crippen LogP contribution in [-0.4, -0.2) is 82.5 Å². The summed E-state index contributed by atoms with van der Waals surface area (Å²) in [5.74, 6) is -1.11. The lowest BCUT2D eigenvalue weighted by Gasteiger charge is -2.31. The fraction of sp³-hybridized carbons (Fsp3) is 0.400. The van der Waals surface area contributed by atoms with E-state index in [0.717, 1.165) is 36.8 Å². The van der Waals surface area contributed by atoms with Gasteiger partial charge < -0.3 is 19.7 Å². The number of carbonyl (C=O) groups is 2. The van der Waals surface area contributed by atoms with Crippen LogP contribution in [0.4, 0.5) is 34.6 Å². The number of nitrogens with zero attached hydrogens (tertiary/aromatic N) is 6. The predicted molar refractivity (Wildman–Crippen MR) is 214 cm³/mol. The van der Waals surface area contributed by atoms with E-state index < -0.39 is 35.0 Å². The van der Waals surface area contributed by atoms with Crippen molar-refractivity contribution in [3.63, 3.8) is 0 Å². The van der Waals surface area contributed by atoms with Crippen molar-refractivity contribution in [2.45, 2.75) is 70.2 Å². The van der Waals surface area contributed by atoms with Gasteiger partial charge in [0.25, 0.3) is 0 Å². The first kappa shape index (κ1) is 40.0. The summed E-state index contributed by atoms with van der Waals surface area (Å²) in [6, 6.07) is 11.0. The third-order valence-electron chi connectivity index (χ3n) is 10.1. The average Bonchev–Trinajstić information content (AvgIpc) is 3.81. The fourth-order valence-corrected chi connectivity index (χ4v) is 8.97. The maximum atomic E-state index is 17.2. The SMILES string of the molecule is CN(CCCC(=O)Nc1ccccn1)c1nc(OC[C@@]23CCCN2C[C@H](F)C3)nc2c(F)c(-c3ccc(F)c4sc(NC(=O)OC(C)(C)C)c(C#N)c34)c(Cl)cc12. The molecule has 2 aliphatic rings. The molecular weight excluding hydrogens is 781 g/mol. The number of alkyl halides is 1. The number of aromatic nitrogens is 3. The van der Waals surface area contributed by atoms with Crippen LogP contribution in [-0.2, 0) is 9.53 Å². The first-order valence-corrected chi connectivity index (χ1v) is 19.6. The van der Waals surface area contributed by atoms with Crippen molar-refractivity contribution in [1.29, 1.82) is 5.26 Å². The number of fused-ring (bicyclic) bond motifs is 3. The first-order valence-electron chi connectivity index (χ1n) is 18.5. The number of benzene rings is 2. The molecule has 2 aromatic carbocycles. The Hall–Kier alpha value is -5.24. The first-order chi connectivity index (χ1) is 27.2. The molecule has 57 heavy (non-hydrogen) atoms. The Bertz CT molecular complexity index is 2410. The predicted octanol–water partition coefficient (Wildman–Crippen LogP) is 8.87. The molecule has 0 bridgehead atoms. The molecule has 2 aliphatic heterocycles. The number of hydrogen-bond acceptors (Lipinski definition) is 11. The number of thiophene rings is 1. The van der Waals surface area contributed by atoms with Gasteiger partial charge in [0.15, 0.2) is 5.82 Å². The number of nitriles is 1. The number of ether oxygens (including phenoxy) is 2. The molecule has 17 heteroatoms. The molecule has 12 nitrogen and oxygen atoms in total. The number of nitrogens with one attached hydrogen (secondary N) is 2. The van der Waals surface area contributed by atoms with Crippen molar-refractivity contribution in [2.24, 2.45) is 0 Å². The third-order valence-corrected chi connectivity index (χ3v) is 11.5. The van der Waals surface area contributed by atoms with Gasteiger partial charge >= 0.3 is 12.1 Å². The minimum Gasteiger partial charge on any atom is -0.461 e. The van der Waals surface area contributed by atoms with Crippen molar-refractivity contribution in [2.75, 3.05) is 48.8 Å². The zero-order chi connectivity index (χ0) is 40.6. The third kappa shape index (κ3) is 8.28. The Morgan fingerprint density at radius 2 is 2.00 bits per heavy atom. The molecule has 0 radical (unpaired) electrons. The highest BCUT2D eigenvalue weighted by Gasteiger charge is 2.49. The summed E-state index contributed by atoms with van der Waals surface area (Å²) in [7, 11) is 1.73. The number of pyridine rings is 1. The molecular formula is C40H40ClF3N8O4S. The molecule has 2 saturated heterocycles. The van der Waals surface area contributed by atoms with Crippen LogP contribution < -0.4 is 20.3 Å². The summed E-state index contributed by atoms with van der Waals surface area (Å²) in [5.41, 5.74) is -1.71. The Morgan fingerprint density at radius 1 is 1.19 bits per heavy atom. The molecule has 3 aromatic heterocycles. The standard InChI is InChI=1S/C40H40ClF3N8O4S/c1-39(2,3)56-38(54)50-36-25(19-45)30-23(11-12-27(43)34(30)57-36)31-26(41)17-24-33(32(31)44)48-37(55-21-40-13-8-16-52(40)20-22(42)18-40)49-35(24)51(4)15-7-10-29(53)47-28-9-5-6-14-46-28/h5-6,9,11-12,14,17,22H,7-8,10,13,15-16,18,20-21H2,1-4H3,(H,50,54)(H,46,47,53)/t22-,40+/m1/s1. The highest BCUT2D eigenvalue weighted by atomic mass is 35.5. The molecule has 2 atom stereocenters. The van der Waals surface area contributed by atoms with Gasteiger partial charge in [-0.15, -0.1) is 11.3 Å². The highest BCUT2D eigenvalue weighted by Crippen LogP contribution is 2.47. The number of rotatable bonds is 11. The van der Waals surface area contributed by atoms with Gasteiger partial charge in [-0.3, -0.25) is 15.0 Å². The van der Waals surface area contributed by atoms with Crippen molar-refractivity contribution >= 4 is 72.6 Å². The monoisotopic (exact) mass is 820 g/mol. The van der Waals surface area contributed by atoms with Gasteiger partial charge in [-0.2, -0.15) is 15.2 Å². The van der Waals surface area contributed by atoms with Crippen LogP contribution in [0.3, 0.4) is 0 Å². The Morgan fingerprint density at radius 3 is 2.74 bits per heavy atom. The van der Waals surface area contributed by atoms with E-state index >= 15 is 8.78 Å². The van der Waals surface area contributed by atoms with E-state index in [1.54, 1.807) is 57.1 Å².